The second-order valence-corrected chi connectivity index (χ2v) is 8.34. The molecule has 1 aliphatic heterocycles. The maximum absolute atomic E-state index is 13.2. The van der Waals surface area contributed by atoms with E-state index in [4.69, 9.17) is 18.9 Å². The van der Waals surface area contributed by atoms with Crippen molar-refractivity contribution in [2.75, 3.05) is 18.6 Å². The maximum atomic E-state index is 13.2. The van der Waals surface area contributed by atoms with Crippen molar-refractivity contribution in [3.05, 3.63) is 90.0 Å². The zero-order valence-corrected chi connectivity index (χ0v) is 20.1. The minimum Gasteiger partial charge on any atom is -0.493 e. The number of cyclic esters (lactones) is 2. The molecule has 3 aromatic carbocycles. The molecule has 0 aliphatic carbocycles. The summed E-state index contributed by atoms with van der Waals surface area (Å²) in [4.78, 5) is 39.3. The molecule has 0 bridgehead atoms. The highest BCUT2D eigenvalue weighted by molar-refractivity contribution is 6.18. The second-order valence-electron chi connectivity index (χ2n) is 8.34. The molecule has 0 N–H and O–H groups in total. The molecule has 4 rings (SSSR count). The predicted octanol–water partition coefficient (Wildman–Crippen LogP) is 4.66. The van der Waals surface area contributed by atoms with Crippen LogP contribution in [0.1, 0.15) is 19.4 Å². The number of anilines is 2. The van der Waals surface area contributed by atoms with E-state index in [1.807, 2.05) is 60.7 Å². The summed E-state index contributed by atoms with van der Waals surface area (Å²) >= 11 is 0. The molecule has 3 aromatic rings. The molecule has 1 aliphatic rings. The first-order chi connectivity index (χ1) is 17.3. The monoisotopic (exact) mass is 487 g/mol. The van der Waals surface area contributed by atoms with Gasteiger partial charge in [-0.05, 0) is 48.0 Å². The fourth-order valence-electron chi connectivity index (χ4n) is 3.63. The van der Waals surface area contributed by atoms with Crippen LogP contribution in [-0.2, 0) is 23.9 Å². The average Bonchev–Trinajstić information content (AvgIpc) is 2.86. The van der Waals surface area contributed by atoms with Crippen LogP contribution in [0.15, 0.2) is 84.4 Å². The van der Waals surface area contributed by atoms with E-state index in [1.165, 1.54) is 27.0 Å². The van der Waals surface area contributed by atoms with Crippen LogP contribution in [-0.4, -0.2) is 37.3 Å². The average molecular weight is 488 g/mol. The number of hydrogen-bond donors (Lipinski definition) is 0. The van der Waals surface area contributed by atoms with Crippen LogP contribution in [0.2, 0.25) is 0 Å². The second kappa shape index (κ2) is 10.4. The number of carbonyl (C=O) groups excluding carboxylic acids is 3. The molecular weight excluding hydrogens is 462 g/mol. The first-order valence-corrected chi connectivity index (χ1v) is 11.2. The van der Waals surface area contributed by atoms with Crippen LogP contribution in [0.5, 0.6) is 11.5 Å². The Morgan fingerprint density at radius 3 is 1.94 bits per heavy atom. The molecule has 8 heteroatoms. The van der Waals surface area contributed by atoms with Crippen molar-refractivity contribution >= 4 is 35.3 Å². The summed E-state index contributed by atoms with van der Waals surface area (Å²) in [7, 11) is 1.45. The number of nitrogens with zero attached hydrogens (tertiary/aromatic N) is 1. The van der Waals surface area contributed by atoms with Gasteiger partial charge in [0, 0.05) is 25.2 Å². The molecule has 0 radical (unpaired) electrons. The van der Waals surface area contributed by atoms with Gasteiger partial charge in [0.25, 0.3) is 11.7 Å². The fraction of sp³-hybridized carbons (Fsp3) is 0.179. The van der Waals surface area contributed by atoms with Gasteiger partial charge < -0.3 is 18.9 Å². The van der Waals surface area contributed by atoms with Crippen LogP contribution in [0, 0.1) is 0 Å². The number of para-hydroxylation sites is 2. The maximum Gasteiger partial charge on any atom is 0.348 e. The zero-order chi connectivity index (χ0) is 25.7. The lowest BCUT2D eigenvalue weighted by Gasteiger charge is -2.29. The lowest BCUT2D eigenvalue weighted by molar-refractivity contribution is -0.222. The van der Waals surface area contributed by atoms with Gasteiger partial charge in [-0.1, -0.05) is 42.5 Å². The number of ether oxygens (including phenoxy) is 4. The summed E-state index contributed by atoms with van der Waals surface area (Å²) in [5, 5.41) is 0. The van der Waals surface area contributed by atoms with Crippen molar-refractivity contribution in [3.63, 3.8) is 0 Å². The van der Waals surface area contributed by atoms with Gasteiger partial charge in [-0.2, -0.15) is 0 Å². The predicted molar refractivity (Wildman–Crippen MR) is 133 cm³/mol. The molecule has 36 heavy (non-hydrogen) atoms. The first kappa shape index (κ1) is 24.5. The van der Waals surface area contributed by atoms with E-state index < -0.39 is 17.7 Å². The molecule has 1 saturated heterocycles. The number of esters is 2. The van der Waals surface area contributed by atoms with Crippen LogP contribution in [0.25, 0.3) is 6.08 Å². The van der Waals surface area contributed by atoms with Crippen LogP contribution in [0.3, 0.4) is 0 Å². The highest BCUT2D eigenvalue weighted by atomic mass is 16.7. The van der Waals surface area contributed by atoms with E-state index >= 15 is 0 Å². The first-order valence-electron chi connectivity index (χ1n) is 11.2. The van der Waals surface area contributed by atoms with E-state index in [2.05, 4.69) is 0 Å². The Morgan fingerprint density at radius 1 is 0.861 bits per heavy atom. The molecule has 0 spiro atoms. The van der Waals surface area contributed by atoms with Gasteiger partial charge in [-0.3, -0.25) is 9.69 Å². The number of carbonyl (C=O) groups is 3. The molecule has 0 aromatic heterocycles. The Morgan fingerprint density at radius 2 is 1.42 bits per heavy atom. The van der Waals surface area contributed by atoms with Crippen LogP contribution < -0.4 is 14.4 Å². The Bertz CT molecular complexity index is 1240. The van der Waals surface area contributed by atoms with E-state index in [0.717, 1.165) is 0 Å². The summed E-state index contributed by atoms with van der Waals surface area (Å²) in [6.07, 6.45) is 1.35. The van der Waals surface area contributed by atoms with Gasteiger partial charge >= 0.3 is 11.9 Å². The van der Waals surface area contributed by atoms with Gasteiger partial charge in [-0.25, -0.2) is 9.59 Å². The van der Waals surface area contributed by atoms with Gasteiger partial charge in [0.05, 0.1) is 7.11 Å². The third-order valence-corrected chi connectivity index (χ3v) is 5.24. The normalized spacial score (nSPS) is 14.4. The highest BCUT2D eigenvalue weighted by Gasteiger charge is 2.38. The van der Waals surface area contributed by atoms with E-state index in [-0.39, 0.29) is 18.1 Å². The Balaban J connectivity index is 1.53. The van der Waals surface area contributed by atoms with Crippen molar-refractivity contribution in [1.29, 1.82) is 0 Å². The lowest BCUT2D eigenvalue weighted by Crippen LogP contribution is -2.41. The fourth-order valence-corrected chi connectivity index (χ4v) is 3.63. The van der Waals surface area contributed by atoms with Crippen LogP contribution >= 0.6 is 0 Å². The summed E-state index contributed by atoms with van der Waals surface area (Å²) in [5.74, 6) is -2.51. The molecule has 0 unspecified atom stereocenters. The lowest BCUT2D eigenvalue weighted by atomic mass is 10.1. The quantitative estimate of drug-likeness (QED) is 0.272. The molecule has 1 amide bonds. The summed E-state index contributed by atoms with van der Waals surface area (Å²) in [5.41, 5.74) is 1.67. The number of benzene rings is 3. The molecule has 0 atom stereocenters. The Kier molecular flexibility index (Phi) is 7.05. The standard InChI is InChI=1S/C28H25NO7/c1-28(2)35-26(31)22(27(32)36-28)16-19-14-15-23(24(17-19)33-3)34-18-25(30)29(20-10-6-4-7-11-20)21-12-8-5-9-13-21/h4-17H,18H2,1-3H3. The number of methoxy groups -OCH3 is 1. The zero-order valence-electron chi connectivity index (χ0n) is 20.1. The Labute approximate surface area is 208 Å². The highest BCUT2D eigenvalue weighted by Crippen LogP contribution is 2.31. The number of amides is 1. The number of hydrogen-bond acceptors (Lipinski definition) is 7. The van der Waals surface area contributed by atoms with E-state index in [1.54, 1.807) is 23.1 Å². The van der Waals surface area contributed by atoms with Gasteiger partial charge in [0.2, 0.25) is 0 Å². The minimum absolute atomic E-state index is 0.235. The molecule has 8 nitrogen and oxygen atoms in total. The molecular formula is C28H25NO7. The van der Waals surface area contributed by atoms with Crippen molar-refractivity contribution in [3.8, 4) is 11.5 Å². The third kappa shape index (κ3) is 5.55. The largest absolute Gasteiger partial charge is 0.493 e. The summed E-state index contributed by atoms with van der Waals surface area (Å²) < 4.78 is 21.5. The minimum atomic E-state index is -1.32. The molecule has 1 fully saturated rings. The van der Waals surface area contributed by atoms with Crippen molar-refractivity contribution < 1.29 is 33.3 Å². The van der Waals surface area contributed by atoms with Gasteiger partial charge in [0.15, 0.2) is 18.1 Å². The summed E-state index contributed by atoms with van der Waals surface area (Å²) in [6, 6.07) is 23.4. The van der Waals surface area contributed by atoms with E-state index in [9.17, 15) is 14.4 Å². The SMILES string of the molecule is COc1cc(C=C2C(=O)OC(C)(C)OC2=O)ccc1OCC(=O)N(c1ccccc1)c1ccccc1. The van der Waals surface area contributed by atoms with Crippen molar-refractivity contribution in [1.82, 2.24) is 0 Å². The number of rotatable bonds is 7. The van der Waals surface area contributed by atoms with Gasteiger partial charge in [-0.15, -0.1) is 0 Å². The summed E-state index contributed by atoms with van der Waals surface area (Å²) in [6.45, 7) is 2.70. The van der Waals surface area contributed by atoms with Crippen molar-refractivity contribution in [2.24, 2.45) is 0 Å². The van der Waals surface area contributed by atoms with Gasteiger partial charge in [0.1, 0.15) is 5.57 Å². The molecule has 184 valence electrons. The molecule has 1 heterocycles. The van der Waals surface area contributed by atoms with Crippen LogP contribution in [0.4, 0.5) is 11.4 Å². The smallest absolute Gasteiger partial charge is 0.348 e. The van der Waals surface area contributed by atoms with E-state index in [0.29, 0.717) is 28.4 Å². The Hall–Kier alpha value is -4.59. The van der Waals surface area contributed by atoms with Crippen molar-refractivity contribution in [2.45, 2.75) is 19.6 Å². The third-order valence-electron chi connectivity index (χ3n) is 5.24. The topological polar surface area (TPSA) is 91.4 Å². The molecule has 0 saturated carbocycles.